The van der Waals surface area contributed by atoms with Gasteiger partial charge in [-0.3, -0.25) is 0 Å². The molecule has 6 N–H and O–H groups in total. The highest BCUT2D eigenvalue weighted by Gasteiger charge is 2.49. The van der Waals surface area contributed by atoms with Gasteiger partial charge in [-0.2, -0.15) is 0 Å². The van der Waals surface area contributed by atoms with E-state index < -0.39 is 48.9 Å². The smallest absolute Gasteiger partial charge is 0.335 e. The van der Waals surface area contributed by atoms with Crippen LogP contribution in [0.1, 0.15) is 5.56 Å². The van der Waals surface area contributed by atoms with Crippen LogP contribution in [0.25, 0.3) is 11.1 Å². The number of carboxylic acids is 1. The molecule has 0 saturated carbocycles. The molecule has 2 aliphatic rings. The van der Waals surface area contributed by atoms with E-state index in [9.17, 15) is 25.2 Å². The zero-order valence-corrected chi connectivity index (χ0v) is 18.7. The quantitative estimate of drug-likeness (QED) is 0.408. The van der Waals surface area contributed by atoms with Crippen molar-refractivity contribution in [1.82, 2.24) is 0 Å². The molecule has 0 spiro atoms. The minimum absolute atomic E-state index is 0.0328. The largest absolute Gasteiger partial charge is 0.485 e. The van der Waals surface area contributed by atoms with Crippen LogP contribution in [0.4, 0.5) is 0 Å². The first-order valence-corrected chi connectivity index (χ1v) is 11.0. The maximum absolute atomic E-state index is 11.4. The lowest BCUT2D eigenvalue weighted by Gasteiger charge is -2.42. The van der Waals surface area contributed by atoms with Gasteiger partial charge in [0, 0.05) is 24.1 Å². The number of ether oxygens (including phenoxy) is 3. The van der Waals surface area contributed by atoms with E-state index in [1.807, 2.05) is 18.2 Å². The molecule has 4 rings (SSSR count). The number of benzene rings is 2. The first-order valence-electron chi connectivity index (χ1n) is 10.2. The van der Waals surface area contributed by atoms with Crippen LogP contribution in [0.15, 0.2) is 36.4 Å². The highest BCUT2D eigenvalue weighted by atomic mass is 35.5. The van der Waals surface area contributed by atoms with Crippen molar-refractivity contribution in [1.29, 1.82) is 0 Å². The summed E-state index contributed by atoms with van der Waals surface area (Å²) in [4.78, 5) is 11.4. The second kappa shape index (κ2) is 9.73. The Kier molecular flexibility index (Phi) is 7.13. The van der Waals surface area contributed by atoms with E-state index >= 15 is 0 Å². The lowest BCUT2D eigenvalue weighted by atomic mass is 9.93. The molecule has 0 aliphatic carbocycles. The first kappa shape index (κ1) is 24.2. The highest BCUT2D eigenvalue weighted by Crippen LogP contribution is 2.44. The van der Waals surface area contributed by atoms with Gasteiger partial charge in [-0.25, -0.2) is 4.79 Å². The maximum Gasteiger partial charge on any atom is 0.335 e. The second-order valence-corrected chi connectivity index (χ2v) is 8.71. The number of aliphatic carboxylic acids is 1. The molecule has 6 unspecified atom stereocenters. The van der Waals surface area contributed by atoms with Crippen LogP contribution in [0.3, 0.4) is 0 Å². The molecular formula is C22H23Cl2NO8. The molecule has 9 nitrogen and oxygen atoms in total. The SMILES string of the molecule is NC[C@@H]1Oc2c(cccc2-c2c(Cl)cccc2Cl)CC1OC1OC(C(=O)O)C(O)C(O)C1O. The normalized spacial score (nSPS) is 31.5. The lowest BCUT2D eigenvalue weighted by Crippen LogP contribution is -2.61. The highest BCUT2D eigenvalue weighted by molar-refractivity contribution is 6.39. The summed E-state index contributed by atoms with van der Waals surface area (Å²) in [6.45, 7) is 0.0328. The number of aliphatic hydroxyl groups is 3. The summed E-state index contributed by atoms with van der Waals surface area (Å²) in [7, 11) is 0. The van der Waals surface area contributed by atoms with Crippen molar-refractivity contribution >= 4 is 29.2 Å². The zero-order valence-electron chi connectivity index (χ0n) is 17.2. The summed E-state index contributed by atoms with van der Waals surface area (Å²) in [5, 5.41) is 40.4. The van der Waals surface area contributed by atoms with Crippen molar-refractivity contribution < 1.29 is 39.4 Å². The number of rotatable bonds is 5. The van der Waals surface area contributed by atoms with Gasteiger partial charge in [-0.15, -0.1) is 0 Å². The molecule has 1 saturated heterocycles. The monoisotopic (exact) mass is 499 g/mol. The number of halogens is 2. The van der Waals surface area contributed by atoms with E-state index in [1.165, 1.54) is 0 Å². The van der Waals surface area contributed by atoms with E-state index in [2.05, 4.69) is 0 Å². The predicted octanol–water partition coefficient (Wildman–Crippen LogP) is 1.20. The molecule has 0 radical (unpaired) electrons. The Bertz CT molecular complexity index is 1020. The van der Waals surface area contributed by atoms with E-state index in [4.69, 9.17) is 43.1 Å². The van der Waals surface area contributed by atoms with E-state index in [1.54, 1.807) is 18.2 Å². The lowest BCUT2D eigenvalue weighted by molar-refractivity contribution is -0.309. The summed E-state index contributed by atoms with van der Waals surface area (Å²) >= 11 is 12.8. The Balaban J connectivity index is 1.63. The van der Waals surface area contributed by atoms with Crippen LogP contribution in [0, 0.1) is 0 Å². The molecule has 2 heterocycles. The predicted molar refractivity (Wildman–Crippen MR) is 118 cm³/mol. The van der Waals surface area contributed by atoms with Crippen molar-refractivity contribution in [3.63, 3.8) is 0 Å². The fraction of sp³-hybridized carbons (Fsp3) is 0.409. The second-order valence-electron chi connectivity index (χ2n) is 7.90. The van der Waals surface area contributed by atoms with Crippen molar-refractivity contribution in [2.24, 2.45) is 5.73 Å². The van der Waals surface area contributed by atoms with E-state index in [-0.39, 0.29) is 13.0 Å². The number of carboxylic acid groups (broad SMARTS) is 1. The molecule has 1 fully saturated rings. The van der Waals surface area contributed by atoms with E-state index in [0.29, 0.717) is 26.9 Å². The summed E-state index contributed by atoms with van der Waals surface area (Å²) < 4.78 is 17.2. The van der Waals surface area contributed by atoms with Crippen LogP contribution < -0.4 is 10.5 Å². The number of hydrogen-bond donors (Lipinski definition) is 5. The molecule has 2 aromatic rings. The van der Waals surface area contributed by atoms with E-state index in [0.717, 1.165) is 5.56 Å². The van der Waals surface area contributed by atoms with Gasteiger partial charge in [0.2, 0.25) is 0 Å². The number of nitrogens with two attached hydrogens (primary N) is 1. The molecule has 0 bridgehead atoms. The van der Waals surface area contributed by atoms with Crippen LogP contribution >= 0.6 is 23.2 Å². The van der Waals surface area contributed by atoms with Gasteiger partial charge >= 0.3 is 5.97 Å². The standard InChI is InChI=1S/C22H23Cl2NO8/c23-11-5-2-6-12(24)15(11)10-4-1-3-9-7-13(14(8-25)31-19(9)10)32-22-18(28)16(26)17(27)20(33-22)21(29)30/h1-6,13-14,16-18,20,22,26-28H,7-8,25H2,(H,29,30)/t13?,14-,16?,17?,18?,20?,22?/m0/s1. The van der Waals surface area contributed by atoms with Gasteiger partial charge in [0.05, 0.1) is 10.0 Å². The van der Waals surface area contributed by atoms with Crippen molar-refractivity contribution in [3.8, 4) is 16.9 Å². The van der Waals surface area contributed by atoms with Gasteiger partial charge in [0.25, 0.3) is 0 Å². The number of fused-ring (bicyclic) bond motifs is 1. The number of aliphatic hydroxyl groups excluding tert-OH is 3. The third-order valence-corrected chi connectivity index (χ3v) is 6.42. The Morgan fingerprint density at radius 1 is 1.06 bits per heavy atom. The third-order valence-electron chi connectivity index (χ3n) is 5.79. The minimum Gasteiger partial charge on any atom is -0.485 e. The fourth-order valence-corrected chi connectivity index (χ4v) is 4.69. The van der Waals surface area contributed by atoms with Crippen LogP contribution in [-0.2, 0) is 20.7 Å². The van der Waals surface area contributed by atoms with Gasteiger partial charge in [0.1, 0.15) is 36.3 Å². The fourth-order valence-electron chi connectivity index (χ4n) is 4.08. The summed E-state index contributed by atoms with van der Waals surface area (Å²) in [5.74, 6) is -0.962. The Morgan fingerprint density at radius 2 is 1.73 bits per heavy atom. The number of hydrogen-bond acceptors (Lipinski definition) is 8. The molecule has 178 valence electrons. The Morgan fingerprint density at radius 3 is 2.36 bits per heavy atom. The summed E-state index contributed by atoms with van der Waals surface area (Å²) in [5.41, 5.74) is 7.96. The van der Waals surface area contributed by atoms with Crippen molar-refractivity contribution in [2.45, 2.75) is 49.3 Å². The Labute approximate surface area is 199 Å². The first-order chi connectivity index (χ1) is 15.7. The molecular weight excluding hydrogens is 477 g/mol. The minimum atomic E-state index is -1.81. The van der Waals surface area contributed by atoms with Crippen molar-refractivity contribution in [2.75, 3.05) is 6.54 Å². The van der Waals surface area contributed by atoms with Gasteiger partial charge in [-0.1, -0.05) is 47.5 Å². The molecule has 0 amide bonds. The molecule has 2 aromatic carbocycles. The van der Waals surface area contributed by atoms with Crippen LogP contribution in [-0.4, -0.2) is 75.9 Å². The topological polar surface area (TPSA) is 152 Å². The van der Waals surface area contributed by atoms with Gasteiger partial charge in [-0.05, 0) is 17.7 Å². The average molecular weight is 500 g/mol. The molecule has 0 aromatic heterocycles. The van der Waals surface area contributed by atoms with Gasteiger partial charge in [0.15, 0.2) is 12.4 Å². The average Bonchev–Trinajstić information content (AvgIpc) is 2.78. The zero-order chi connectivity index (χ0) is 23.9. The third kappa shape index (κ3) is 4.55. The molecule has 7 atom stereocenters. The summed E-state index contributed by atoms with van der Waals surface area (Å²) in [6.07, 6.45) is -9.69. The Hall–Kier alpha value is -1.95. The van der Waals surface area contributed by atoms with Gasteiger partial charge < -0.3 is 40.4 Å². The molecule has 2 aliphatic heterocycles. The van der Waals surface area contributed by atoms with Crippen LogP contribution in [0.5, 0.6) is 5.75 Å². The number of para-hydroxylation sites is 1. The maximum atomic E-state index is 11.4. The van der Waals surface area contributed by atoms with Crippen molar-refractivity contribution in [3.05, 3.63) is 52.0 Å². The number of carbonyl (C=O) groups is 1. The van der Waals surface area contributed by atoms with Crippen LogP contribution in [0.2, 0.25) is 10.0 Å². The molecule has 33 heavy (non-hydrogen) atoms. The summed E-state index contributed by atoms with van der Waals surface area (Å²) in [6, 6.07) is 10.6. The molecule has 11 heteroatoms.